The van der Waals surface area contributed by atoms with Gasteiger partial charge in [-0.05, 0) is 24.6 Å². The van der Waals surface area contributed by atoms with Gasteiger partial charge in [-0.2, -0.15) is 0 Å². The van der Waals surface area contributed by atoms with Crippen LogP contribution in [0.5, 0.6) is 0 Å². The highest BCUT2D eigenvalue weighted by molar-refractivity contribution is 8.26. The van der Waals surface area contributed by atoms with E-state index in [1.807, 2.05) is 6.92 Å². The number of non-ortho nitro benzene ring substituents is 1. The lowest BCUT2D eigenvalue weighted by molar-refractivity contribution is -0.384. The molecule has 1 aromatic heterocycles. The molecule has 0 radical (unpaired) electrons. The van der Waals surface area contributed by atoms with E-state index in [0.29, 0.717) is 26.3 Å². The summed E-state index contributed by atoms with van der Waals surface area (Å²) in [6.45, 7) is 1.85. The average molecular weight is 360 g/mol. The smallest absolute Gasteiger partial charge is 0.270 e. The lowest BCUT2D eigenvalue weighted by atomic mass is 10.1. The number of hydrogen-bond donors (Lipinski definition) is 0. The van der Waals surface area contributed by atoms with Gasteiger partial charge in [0.1, 0.15) is 15.8 Å². The van der Waals surface area contributed by atoms with Crippen LogP contribution in [0.3, 0.4) is 0 Å². The molecule has 3 rings (SSSR count). The van der Waals surface area contributed by atoms with Crippen LogP contribution in [0, 0.1) is 17.0 Å². The highest BCUT2D eigenvalue weighted by Crippen LogP contribution is 2.33. The number of furan rings is 1. The minimum atomic E-state index is -0.445. The summed E-state index contributed by atoms with van der Waals surface area (Å²) < 4.78 is 6.23. The SMILES string of the molecule is Cc1ccc([N+](=O)[O-])cc1-c1ccc(C=C2SC(=S)N(C)C2=O)o1. The Kier molecular flexibility index (Phi) is 4.25. The number of nitro groups is 1. The largest absolute Gasteiger partial charge is 0.457 e. The maximum Gasteiger partial charge on any atom is 0.270 e. The summed E-state index contributed by atoms with van der Waals surface area (Å²) in [5, 5.41) is 10.9. The number of thioether (sulfide) groups is 1. The van der Waals surface area contributed by atoms with Crippen molar-refractivity contribution < 1.29 is 14.1 Å². The van der Waals surface area contributed by atoms with Crippen LogP contribution >= 0.6 is 24.0 Å². The highest BCUT2D eigenvalue weighted by atomic mass is 32.2. The molecule has 0 unspecified atom stereocenters. The Balaban J connectivity index is 1.95. The first-order valence-corrected chi connectivity index (χ1v) is 8.16. The number of nitrogens with zero attached hydrogens (tertiary/aromatic N) is 2. The molecule has 1 aromatic carbocycles. The van der Waals surface area contributed by atoms with Gasteiger partial charge in [0.15, 0.2) is 0 Å². The third kappa shape index (κ3) is 2.98. The summed E-state index contributed by atoms with van der Waals surface area (Å²) in [5.74, 6) is 0.828. The van der Waals surface area contributed by atoms with Crippen molar-refractivity contribution in [3.8, 4) is 11.3 Å². The van der Waals surface area contributed by atoms with Crippen LogP contribution < -0.4 is 0 Å². The van der Waals surface area contributed by atoms with Gasteiger partial charge in [-0.15, -0.1) is 0 Å². The van der Waals surface area contributed by atoms with E-state index in [4.69, 9.17) is 16.6 Å². The number of hydrogen-bond acceptors (Lipinski definition) is 6. The van der Waals surface area contributed by atoms with Gasteiger partial charge in [0.2, 0.25) is 0 Å². The number of likely N-dealkylation sites (N-methyl/N-ethyl adjacent to an activating group) is 1. The number of rotatable bonds is 3. The van der Waals surface area contributed by atoms with Crippen molar-refractivity contribution >= 4 is 46.0 Å². The van der Waals surface area contributed by atoms with Gasteiger partial charge in [0.25, 0.3) is 11.6 Å². The fraction of sp³-hybridized carbons (Fsp3) is 0.125. The molecular weight excluding hydrogens is 348 g/mol. The standard InChI is InChI=1S/C16H12N2O4S2/c1-9-3-4-10(18(20)21)7-12(9)13-6-5-11(22-13)8-14-15(19)17(2)16(23)24-14/h3-8H,1-2H3. The monoisotopic (exact) mass is 360 g/mol. The van der Waals surface area contributed by atoms with Gasteiger partial charge in [-0.1, -0.05) is 30.0 Å². The fourth-order valence-corrected chi connectivity index (χ4v) is 3.40. The predicted octanol–water partition coefficient (Wildman–Crippen LogP) is 3.99. The Morgan fingerprint density at radius 1 is 1.33 bits per heavy atom. The van der Waals surface area contributed by atoms with Crippen LogP contribution in [0.4, 0.5) is 5.69 Å². The Morgan fingerprint density at radius 3 is 2.71 bits per heavy atom. The molecule has 2 heterocycles. The second kappa shape index (κ2) is 6.21. The van der Waals surface area contributed by atoms with E-state index in [-0.39, 0.29) is 11.6 Å². The molecule has 1 aliphatic heterocycles. The predicted molar refractivity (Wildman–Crippen MR) is 96.5 cm³/mol. The van der Waals surface area contributed by atoms with Crippen LogP contribution in [0.15, 0.2) is 39.7 Å². The summed E-state index contributed by atoms with van der Waals surface area (Å²) in [5.41, 5.74) is 1.51. The van der Waals surface area contributed by atoms with Crippen LogP contribution in [0.2, 0.25) is 0 Å². The zero-order valence-electron chi connectivity index (χ0n) is 12.8. The van der Waals surface area contributed by atoms with Gasteiger partial charge in [0, 0.05) is 30.8 Å². The van der Waals surface area contributed by atoms with E-state index >= 15 is 0 Å². The van der Waals surface area contributed by atoms with Crippen LogP contribution in [-0.4, -0.2) is 27.1 Å². The fourth-order valence-electron chi connectivity index (χ4n) is 2.24. The van der Waals surface area contributed by atoms with Crippen molar-refractivity contribution in [3.63, 3.8) is 0 Å². The first kappa shape index (κ1) is 16.4. The molecular formula is C16H12N2O4S2. The van der Waals surface area contributed by atoms with Crippen LogP contribution in [0.1, 0.15) is 11.3 Å². The van der Waals surface area contributed by atoms with Crippen molar-refractivity contribution in [1.82, 2.24) is 4.90 Å². The quantitative estimate of drug-likeness (QED) is 0.356. The van der Waals surface area contributed by atoms with Gasteiger partial charge in [0.05, 0.1) is 9.83 Å². The van der Waals surface area contributed by atoms with Crippen molar-refractivity contribution in [2.45, 2.75) is 6.92 Å². The third-order valence-electron chi connectivity index (χ3n) is 3.58. The lowest BCUT2D eigenvalue weighted by Gasteiger charge is -2.03. The Labute approximate surface area is 147 Å². The Hall–Kier alpha value is -2.45. The molecule has 1 aliphatic rings. The van der Waals surface area contributed by atoms with Crippen LogP contribution in [0.25, 0.3) is 17.4 Å². The number of amides is 1. The Bertz CT molecular complexity index is 901. The number of thiocarbonyl (C=S) groups is 1. The first-order chi connectivity index (χ1) is 11.4. The minimum Gasteiger partial charge on any atom is -0.457 e. The maximum atomic E-state index is 12.0. The number of aryl methyl sites for hydroxylation is 1. The number of nitro benzene ring substituents is 1. The molecule has 24 heavy (non-hydrogen) atoms. The van der Waals surface area contributed by atoms with Crippen molar-refractivity contribution in [2.75, 3.05) is 7.05 Å². The minimum absolute atomic E-state index is 0.000374. The topological polar surface area (TPSA) is 76.6 Å². The van der Waals surface area contributed by atoms with Gasteiger partial charge in [-0.3, -0.25) is 19.8 Å². The molecule has 8 heteroatoms. The van der Waals surface area contributed by atoms with Gasteiger partial charge >= 0.3 is 0 Å². The highest BCUT2D eigenvalue weighted by Gasteiger charge is 2.29. The molecule has 6 nitrogen and oxygen atoms in total. The summed E-state index contributed by atoms with van der Waals surface area (Å²) >= 11 is 6.29. The molecule has 0 N–H and O–H groups in total. The molecule has 0 spiro atoms. The van der Waals surface area contributed by atoms with E-state index in [2.05, 4.69) is 0 Å². The normalized spacial score (nSPS) is 16.2. The number of carbonyl (C=O) groups excluding carboxylic acids is 1. The van der Waals surface area contributed by atoms with Crippen molar-refractivity contribution in [3.05, 3.63) is 56.7 Å². The van der Waals surface area contributed by atoms with E-state index in [9.17, 15) is 14.9 Å². The summed E-state index contributed by atoms with van der Waals surface area (Å²) in [6.07, 6.45) is 1.62. The number of benzene rings is 1. The Morgan fingerprint density at radius 2 is 2.08 bits per heavy atom. The lowest BCUT2D eigenvalue weighted by Crippen LogP contribution is -2.22. The van der Waals surface area contributed by atoms with E-state index in [0.717, 1.165) is 5.56 Å². The first-order valence-electron chi connectivity index (χ1n) is 6.93. The van der Waals surface area contributed by atoms with Crippen molar-refractivity contribution in [1.29, 1.82) is 0 Å². The molecule has 2 aromatic rings. The van der Waals surface area contributed by atoms with E-state index in [1.165, 1.54) is 28.8 Å². The molecule has 1 fully saturated rings. The van der Waals surface area contributed by atoms with Gasteiger partial charge in [-0.25, -0.2) is 0 Å². The molecule has 0 bridgehead atoms. The zero-order valence-corrected chi connectivity index (χ0v) is 14.4. The molecule has 0 aliphatic carbocycles. The number of carbonyl (C=O) groups is 1. The second-order valence-corrected chi connectivity index (χ2v) is 6.87. The molecule has 1 amide bonds. The average Bonchev–Trinajstić information content (AvgIpc) is 3.09. The maximum absolute atomic E-state index is 12.0. The molecule has 1 saturated heterocycles. The van der Waals surface area contributed by atoms with Gasteiger partial charge < -0.3 is 4.42 Å². The molecule has 122 valence electrons. The molecule has 0 saturated carbocycles. The third-order valence-corrected chi connectivity index (χ3v) is 5.07. The van der Waals surface area contributed by atoms with Crippen molar-refractivity contribution in [2.24, 2.45) is 0 Å². The summed E-state index contributed by atoms with van der Waals surface area (Å²) in [7, 11) is 1.62. The summed E-state index contributed by atoms with van der Waals surface area (Å²) in [6, 6.07) is 8.05. The summed E-state index contributed by atoms with van der Waals surface area (Å²) in [4.78, 5) is 24.4. The zero-order chi connectivity index (χ0) is 17.4. The van der Waals surface area contributed by atoms with E-state index in [1.54, 1.807) is 31.3 Å². The van der Waals surface area contributed by atoms with E-state index < -0.39 is 4.92 Å². The second-order valence-electron chi connectivity index (χ2n) is 5.20. The van der Waals surface area contributed by atoms with Crippen LogP contribution in [-0.2, 0) is 4.79 Å². The molecule has 0 atom stereocenters.